The van der Waals surface area contributed by atoms with Crippen LogP contribution in [0.2, 0.25) is 0 Å². The van der Waals surface area contributed by atoms with Gasteiger partial charge in [0.2, 0.25) is 0 Å². The van der Waals surface area contributed by atoms with E-state index in [1.807, 2.05) is 18.2 Å². The van der Waals surface area contributed by atoms with Gasteiger partial charge in [-0.25, -0.2) is 0 Å². The summed E-state index contributed by atoms with van der Waals surface area (Å²) < 4.78 is 0.879. The second kappa shape index (κ2) is 3.78. The van der Waals surface area contributed by atoms with Crippen LogP contribution in [0.4, 0.5) is 11.4 Å². The van der Waals surface area contributed by atoms with Gasteiger partial charge in [-0.2, -0.15) is 0 Å². The fraction of sp³-hybridized carbons (Fsp3) is 0.250. The van der Waals surface area contributed by atoms with Crippen LogP contribution in [-0.4, -0.2) is 14.2 Å². The Morgan fingerprint density at radius 1 is 1.50 bits per heavy atom. The average Bonchev–Trinajstić information content (AvgIpc) is 2.08. The van der Waals surface area contributed by atoms with E-state index < -0.39 is 0 Å². The number of rotatable bonds is 2. The summed E-state index contributed by atoms with van der Waals surface area (Å²) in [7, 11) is 3.40. The molecule has 0 saturated heterocycles. The zero-order valence-electron chi connectivity index (χ0n) is 7.04. The lowest BCUT2D eigenvalue weighted by molar-refractivity contribution is 0.185. The average molecular weight is 231 g/mol. The molecule has 2 N–H and O–H groups in total. The van der Waals surface area contributed by atoms with Gasteiger partial charge in [0, 0.05) is 11.5 Å². The normalized spacial score (nSPS) is 9.92. The highest BCUT2D eigenvalue weighted by Crippen LogP contribution is 2.29. The van der Waals surface area contributed by atoms with Crippen molar-refractivity contribution in [3.8, 4) is 0 Å². The van der Waals surface area contributed by atoms with E-state index in [4.69, 9.17) is 10.6 Å². The Labute approximate surface area is 80.2 Å². The molecule has 3 nitrogen and oxygen atoms in total. The highest BCUT2D eigenvalue weighted by Gasteiger charge is 2.05. The zero-order chi connectivity index (χ0) is 9.14. The van der Waals surface area contributed by atoms with Gasteiger partial charge in [-0.05, 0) is 28.1 Å². The van der Waals surface area contributed by atoms with Gasteiger partial charge in [-0.15, -0.1) is 0 Å². The molecule has 0 bridgehead atoms. The molecule has 0 spiro atoms. The lowest BCUT2D eigenvalue weighted by Gasteiger charge is -2.18. The van der Waals surface area contributed by atoms with Crippen LogP contribution in [0.3, 0.4) is 0 Å². The van der Waals surface area contributed by atoms with Crippen molar-refractivity contribution >= 4 is 27.3 Å². The smallest absolute Gasteiger partial charge is 0.0873 e. The summed E-state index contributed by atoms with van der Waals surface area (Å²) >= 11 is 3.34. The molecule has 0 aliphatic heterocycles. The van der Waals surface area contributed by atoms with E-state index in [1.165, 1.54) is 0 Å². The number of nitrogen functional groups attached to an aromatic ring is 1. The van der Waals surface area contributed by atoms with Gasteiger partial charge < -0.3 is 5.73 Å². The molecule has 1 aromatic rings. The molecule has 0 aliphatic rings. The van der Waals surface area contributed by atoms with Gasteiger partial charge in [-0.3, -0.25) is 9.90 Å². The third-order valence-corrected chi connectivity index (χ3v) is 2.33. The Bertz CT molecular complexity index is 278. The number of anilines is 2. The number of nitrogens with zero attached hydrogens (tertiary/aromatic N) is 1. The molecule has 1 aromatic carbocycles. The molecule has 12 heavy (non-hydrogen) atoms. The highest BCUT2D eigenvalue weighted by atomic mass is 79.9. The topological polar surface area (TPSA) is 38.5 Å². The van der Waals surface area contributed by atoms with E-state index in [0.29, 0.717) is 5.69 Å². The van der Waals surface area contributed by atoms with Gasteiger partial charge in [0.25, 0.3) is 0 Å². The van der Waals surface area contributed by atoms with E-state index in [-0.39, 0.29) is 0 Å². The van der Waals surface area contributed by atoms with Crippen LogP contribution in [0, 0.1) is 0 Å². The molecule has 66 valence electrons. The number of halogens is 1. The molecule has 0 atom stereocenters. The van der Waals surface area contributed by atoms with Crippen LogP contribution in [0.5, 0.6) is 0 Å². The molecule has 0 saturated carbocycles. The number of hydrogen-bond acceptors (Lipinski definition) is 3. The Balaban J connectivity index is 3.07. The highest BCUT2D eigenvalue weighted by molar-refractivity contribution is 9.10. The van der Waals surface area contributed by atoms with Crippen molar-refractivity contribution in [2.75, 3.05) is 25.0 Å². The van der Waals surface area contributed by atoms with Crippen LogP contribution in [0.25, 0.3) is 0 Å². The van der Waals surface area contributed by atoms with Crippen LogP contribution in [-0.2, 0) is 4.84 Å². The van der Waals surface area contributed by atoms with E-state index in [0.717, 1.165) is 10.2 Å². The molecule has 1 rings (SSSR count). The minimum Gasteiger partial charge on any atom is -0.396 e. The quantitative estimate of drug-likeness (QED) is 0.625. The predicted molar refractivity (Wildman–Crippen MR) is 54.0 cm³/mol. The van der Waals surface area contributed by atoms with Crippen molar-refractivity contribution in [3.63, 3.8) is 0 Å². The summed E-state index contributed by atoms with van der Waals surface area (Å²) in [4.78, 5) is 5.00. The molecule has 0 unspecified atom stereocenters. The molecule has 0 radical (unpaired) electrons. The Kier molecular flexibility index (Phi) is 2.94. The first-order valence-electron chi connectivity index (χ1n) is 3.48. The number of para-hydroxylation sites is 1. The molecule has 0 aromatic heterocycles. The lowest BCUT2D eigenvalue weighted by Crippen LogP contribution is -2.16. The third kappa shape index (κ3) is 1.70. The zero-order valence-corrected chi connectivity index (χ0v) is 8.63. The summed E-state index contributed by atoms with van der Waals surface area (Å²) in [5.41, 5.74) is 7.33. The summed E-state index contributed by atoms with van der Waals surface area (Å²) in [6, 6.07) is 5.69. The first-order chi connectivity index (χ1) is 5.66. The van der Waals surface area contributed by atoms with Crippen LogP contribution >= 0.6 is 15.9 Å². The summed E-state index contributed by atoms with van der Waals surface area (Å²) in [6.07, 6.45) is 0. The summed E-state index contributed by atoms with van der Waals surface area (Å²) in [5, 5.41) is 1.61. The molecule has 0 heterocycles. The molecular weight excluding hydrogens is 220 g/mol. The maximum Gasteiger partial charge on any atom is 0.0873 e. The SMILES string of the molecule is CON(C)c1cccc(Br)c1N. The van der Waals surface area contributed by atoms with Crippen molar-refractivity contribution in [2.24, 2.45) is 0 Å². The number of benzene rings is 1. The Hall–Kier alpha value is -0.740. The predicted octanol–water partition coefficient (Wildman–Crippen LogP) is 2.03. The van der Waals surface area contributed by atoms with Crippen molar-refractivity contribution in [2.45, 2.75) is 0 Å². The molecule has 4 heteroatoms. The van der Waals surface area contributed by atoms with Crippen molar-refractivity contribution < 1.29 is 4.84 Å². The van der Waals surface area contributed by atoms with Crippen LogP contribution in [0.1, 0.15) is 0 Å². The van der Waals surface area contributed by atoms with Gasteiger partial charge in [0.05, 0.1) is 18.5 Å². The van der Waals surface area contributed by atoms with E-state index in [9.17, 15) is 0 Å². The molecule has 0 amide bonds. The summed E-state index contributed by atoms with van der Waals surface area (Å²) in [6.45, 7) is 0. The molecule has 0 fully saturated rings. The first-order valence-corrected chi connectivity index (χ1v) is 4.28. The fourth-order valence-corrected chi connectivity index (χ4v) is 1.25. The fourth-order valence-electron chi connectivity index (χ4n) is 0.899. The minimum atomic E-state index is 0.682. The summed E-state index contributed by atoms with van der Waals surface area (Å²) in [5.74, 6) is 0. The van der Waals surface area contributed by atoms with Gasteiger partial charge in [0.1, 0.15) is 0 Å². The van der Waals surface area contributed by atoms with E-state index >= 15 is 0 Å². The van der Waals surface area contributed by atoms with Crippen molar-refractivity contribution in [1.82, 2.24) is 0 Å². The van der Waals surface area contributed by atoms with Gasteiger partial charge in [-0.1, -0.05) is 6.07 Å². The first kappa shape index (κ1) is 9.35. The second-order valence-electron chi connectivity index (χ2n) is 2.35. The van der Waals surface area contributed by atoms with Crippen molar-refractivity contribution in [3.05, 3.63) is 22.7 Å². The van der Waals surface area contributed by atoms with Gasteiger partial charge >= 0.3 is 0 Å². The Morgan fingerprint density at radius 2 is 2.17 bits per heavy atom. The third-order valence-electron chi connectivity index (χ3n) is 1.64. The largest absolute Gasteiger partial charge is 0.396 e. The van der Waals surface area contributed by atoms with Crippen LogP contribution in [0.15, 0.2) is 22.7 Å². The second-order valence-corrected chi connectivity index (χ2v) is 3.21. The molecule has 0 aliphatic carbocycles. The molecular formula is C8H11BrN2O. The number of hydrogen-bond donors (Lipinski definition) is 1. The maximum atomic E-state index is 5.79. The number of hydroxylamine groups is 1. The van der Waals surface area contributed by atoms with Gasteiger partial charge in [0.15, 0.2) is 0 Å². The standard InChI is InChI=1S/C8H11BrN2O/c1-11(12-2)7-5-3-4-6(9)8(7)10/h3-5H,10H2,1-2H3. The monoisotopic (exact) mass is 230 g/mol. The minimum absolute atomic E-state index is 0.682. The van der Waals surface area contributed by atoms with E-state index in [1.54, 1.807) is 19.2 Å². The van der Waals surface area contributed by atoms with Crippen LogP contribution < -0.4 is 10.8 Å². The Morgan fingerprint density at radius 3 is 2.75 bits per heavy atom. The van der Waals surface area contributed by atoms with Crippen molar-refractivity contribution in [1.29, 1.82) is 0 Å². The lowest BCUT2D eigenvalue weighted by atomic mass is 10.3. The maximum absolute atomic E-state index is 5.79. The van der Waals surface area contributed by atoms with E-state index in [2.05, 4.69) is 15.9 Å². The number of nitrogens with two attached hydrogens (primary N) is 1.